The van der Waals surface area contributed by atoms with Crippen LogP contribution in [-0.4, -0.2) is 26.0 Å². The van der Waals surface area contributed by atoms with Gasteiger partial charge in [-0.25, -0.2) is 15.0 Å². The standard InChI is InChI=1S/C24H17N3OS2/c1-12-7-13(2)19-15(8-12)9-17-20-22(30-23(17)27-19)24(26-11-25-20)29-18-10-14-5-3-4-6-16(14)21(18)28/h3-9,11,18H,10H2,1-2H3/t18-/m1/s1. The lowest BCUT2D eigenvalue weighted by atomic mass is 10.1. The molecule has 0 fully saturated rings. The molecule has 1 aliphatic rings. The molecule has 1 atom stereocenters. The molecule has 146 valence electrons. The van der Waals surface area contributed by atoms with E-state index in [1.54, 1.807) is 29.4 Å². The molecule has 0 radical (unpaired) electrons. The highest BCUT2D eigenvalue weighted by Crippen LogP contribution is 2.41. The van der Waals surface area contributed by atoms with Gasteiger partial charge in [0.2, 0.25) is 0 Å². The van der Waals surface area contributed by atoms with Gasteiger partial charge in [-0.15, -0.1) is 11.3 Å². The van der Waals surface area contributed by atoms with Crippen LogP contribution in [0, 0.1) is 13.8 Å². The van der Waals surface area contributed by atoms with Gasteiger partial charge in [-0.2, -0.15) is 0 Å². The number of nitrogens with zero attached hydrogens (tertiary/aromatic N) is 3. The van der Waals surface area contributed by atoms with Crippen LogP contribution in [0.15, 0.2) is 53.8 Å². The zero-order valence-corrected chi connectivity index (χ0v) is 18.1. The Labute approximate surface area is 181 Å². The van der Waals surface area contributed by atoms with Gasteiger partial charge < -0.3 is 0 Å². The molecule has 1 aliphatic carbocycles. The number of carbonyl (C=O) groups excluding carboxylic acids is 1. The Kier molecular flexibility index (Phi) is 3.95. The van der Waals surface area contributed by atoms with Gasteiger partial charge in [-0.1, -0.05) is 47.7 Å². The number of thioether (sulfide) groups is 1. The van der Waals surface area contributed by atoms with Crippen molar-refractivity contribution >= 4 is 60.2 Å². The second-order valence-corrected chi connectivity index (χ2v) is 9.98. The zero-order chi connectivity index (χ0) is 20.4. The number of ketones is 1. The molecule has 0 saturated heterocycles. The molecule has 0 amide bonds. The predicted molar refractivity (Wildman–Crippen MR) is 124 cm³/mol. The van der Waals surface area contributed by atoms with Crippen LogP contribution in [0.5, 0.6) is 0 Å². The van der Waals surface area contributed by atoms with E-state index in [-0.39, 0.29) is 11.0 Å². The zero-order valence-electron chi connectivity index (χ0n) is 16.5. The van der Waals surface area contributed by atoms with E-state index in [0.29, 0.717) is 0 Å². The highest BCUT2D eigenvalue weighted by molar-refractivity contribution is 8.01. The van der Waals surface area contributed by atoms with Gasteiger partial charge in [-0.3, -0.25) is 4.79 Å². The summed E-state index contributed by atoms with van der Waals surface area (Å²) in [4.78, 5) is 27.9. The SMILES string of the molecule is Cc1cc(C)c2nc3sc4c(S[C@@H]5Cc6ccccc6C5=O)ncnc4c3cc2c1. The van der Waals surface area contributed by atoms with E-state index < -0.39 is 0 Å². The summed E-state index contributed by atoms with van der Waals surface area (Å²) in [7, 11) is 0. The lowest BCUT2D eigenvalue weighted by Crippen LogP contribution is -2.11. The molecular formula is C24H17N3OS2. The van der Waals surface area contributed by atoms with Crippen LogP contribution >= 0.6 is 23.1 Å². The summed E-state index contributed by atoms with van der Waals surface area (Å²) >= 11 is 3.17. The van der Waals surface area contributed by atoms with Gasteiger partial charge in [-0.05, 0) is 43.5 Å². The minimum Gasteiger partial charge on any atom is -0.293 e. The topological polar surface area (TPSA) is 55.7 Å². The summed E-state index contributed by atoms with van der Waals surface area (Å²) in [5, 5.41) is 2.92. The van der Waals surface area contributed by atoms with Crippen molar-refractivity contribution < 1.29 is 4.79 Å². The van der Waals surface area contributed by atoms with Gasteiger partial charge in [0, 0.05) is 16.3 Å². The fourth-order valence-electron chi connectivity index (χ4n) is 4.34. The molecule has 0 aliphatic heterocycles. The molecule has 3 heterocycles. The normalized spacial score (nSPS) is 16.1. The number of benzene rings is 2. The summed E-state index contributed by atoms with van der Waals surface area (Å²) in [6.45, 7) is 4.21. The number of hydrogen-bond acceptors (Lipinski definition) is 6. The van der Waals surface area contributed by atoms with Crippen molar-refractivity contribution in [1.29, 1.82) is 0 Å². The maximum absolute atomic E-state index is 12.9. The maximum atomic E-state index is 12.9. The number of aromatic nitrogens is 3. The summed E-state index contributed by atoms with van der Waals surface area (Å²) in [6, 6.07) is 14.4. The number of Topliss-reactive ketones (excluding diaryl/α,β-unsaturated/α-hetero) is 1. The lowest BCUT2D eigenvalue weighted by molar-refractivity contribution is 0.1000. The van der Waals surface area contributed by atoms with Crippen molar-refractivity contribution in [2.75, 3.05) is 0 Å². The van der Waals surface area contributed by atoms with Crippen molar-refractivity contribution in [3.05, 3.63) is 71.0 Å². The van der Waals surface area contributed by atoms with Gasteiger partial charge >= 0.3 is 0 Å². The molecule has 5 aromatic rings. The number of pyridine rings is 1. The summed E-state index contributed by atoms with van der Waals surface area (Å²) < 4.78 is 1.01. The first-order valence-electron chi connectivity index (χ1n) is 9.82. The lowest BCUT2D eigenvalue weighted by Gasteiger charge is -2.07. The summed E-state index contributed by atoms with van der Waals surface area (Å²) in [6.07, 6.45) is 2.35. The molecule has 4 nitrogen and oxygen atoms in total. The van der Waals surface area contributed by atoms with E-state index in [0.717, 1.165) is 53.9 Å². The van der Waals surface area contributed by atoms with Crippen molar-refractivity contribution in [2.24, 2.45) is 0 Å². The van der Waals surface area contributed by atoms with Gasteiger partial charge in [0.1, 0.15) is 16.2 Å². The van der Waals surface area contributed by atoms with E-state index in [4.69, 9.17) is 4.98 Å². The van der Waals surface area contributed by atoms with Crippen LogP contribution in [-0.2, 0) is 6.42 Å². The molecule has 6 rings (SSSR count). The number of thiophene rings is 1. The van der Waals surface area contributed by atoms with Crippen LogP contribution in [0.1, 0.15) is 27.0 Å². The Morgan fingerprint density at radius 3 is 2.80 bits per heavy atom. The van der Waals surface area contributed by atoms with E-state index in [1.165, 1.54) is 11.1 Å². The van der Waals surface area contributed by atoms with Crippen molar-refractivity contribution in [1.82, 2.24) is 15.0 Å². The van der Waals surface area contributed by atoms with Gasteiger partial charge in [0.05, 0.1) is 21.0 Å². The largest absolute Gasteiger partial charge is 0.293 e. The van der Waals surface area contributed by atoms with Crippen LogP contribution in [0.2, 0.25) is 0 Å². The predicted octanol–water partition coefficient (Wildman–Crippen LogP) is 5.91. The molecule has 3 aromatic heterocycles. The van der Waals surface area contributed by atoms with Gasteiger partial charge in [0.15, 0.2) is 5.78 Å². The summed E-state index contributed by atoms with van der Waals surface area (Å²) in [5.41, 5.74) is 6.33. The Bertz CT molecular complexity index is 1510. The first-order chi connectivity index (χ1) is 14.6. The van der Waals surface area contributed by atoms with Gasteiger partial charge in [0.25, 0.3) is 0 Å². The Morgan fingerprint density at radius 1 is 1.07 bits per heavy atom. The Hall–Kier alpha value is -2.83. The summed E-state index contributed by atoms with van der Waals surface area (Å²) in [5.74, 6) is 0.193. The molecule has 30 heavy (non-hydrogen) atoms. The number of rotatable bonds is 2. The fourth-order valence-corrected chi connectivity index (χ4v) is 6.68. The van der Waals surface area contributed by atoms with Crippen LogP contribution in [0.3, 0.4) is 0 Å². The third-order valence-electron chi connectivity index (χ3n) is 5.68. The quantitative estimate of drug-likeness (QED) is 0.328. The third kappa shape index (κ3) is 2.67. The number of aryl methyl sites for hydroxylation is 2. The molecule has 2 aromatic carbocycles. The van der Waals surface area contributed by atoms with E-state index in [1.807, 2.05) is 24.3 Å². The second kappa shape index (κ2) is 6.59. The number of fused-ring (bicyclic) bond motifs is 5. The number of hydrogen-bond donors (Lipinski definition) is 0. The molecule has 0 spiro atoms. The Morgan fingerprint density at radius 2 is 1.93 bits per heavy atom. The molecule has 0 saturated carbocycles. The highest BCUT2D eigenvalue weighted by Gasteiger charge is 2.32. The Balaban J connectivity index is 1.48. The average molecular weight is 428 g/mol. The van der Waals surface area contributed by atoms with E-state index in [2.05, 4.69) is 42.0 Å². The van der Waals surface area contributed by atoms with E-state index >= 15 is 0 Å². The molecule has 6 heteroatoms. The minimum atomic E-state index is -0.136. The first kappa shape index (κ1) is 18.0. The minimum absolute atomic E-state index is 0.136. The molecule has 0 N–H and O–H groups in total. The first-order valence-corrected chi connectivity index (χ1v) is 11.5. The van der Waals surface area contributed by atoms with Crippen LogP contribution in [0.4, 0.5) is 0 Å². The van der Waals surface area contributed by atoms with Crippen molar-refractivity contribution in [2.45, 2.75) is 30.5 Å². The fraction of sp³-hybridized carbons (Fsp3) is 0.167. The molecule has 0 bridgehead atoms. The molecule has 0 unspecified atom stereocenters. The van der Waals surface area contributed by atoms with Crippen LogP contribution < -0.4 is 0 Å². The van der Waals surface area contributed by atoms with Crippen LogP contribution in [0.25, 0.3) is 31.3 Å². The third-order valence-corrected chi connectivity index (χ3v) is 8.10. The smallest absolute Gasteiger partial charge is 0.176 e. The average Bonchev–Trinajstić information content (AvgIpc) is 3.25. The number of carbonyl (C=O) groups is 1. The van der Waals surface area contributed by atoms with E-state index in [9.17, 15) is 4.79 Å². The second-order valence-electron chi connectivity index (χ2n) is 7.79. The maximum Gasteiger partial charge on any atom is 0.176 e. The van der Waals surface area contributed by atoms with Crippen molar-refractivity contribution in [3.8, 4) is 0 Å². The van der Waals surface area contributed by atoms with Crippen molar-refractivity contribution in [3.63, 3.8) is 0 Å². The molecular weight excluding hydrogens is 410 g/mol. The monoisotopic (exact) mass is 427 g/mol. The highest BCUT2D eigenvalue weighted by atomic mass is 32.2.